The Morgan fingerprint density at radius 2 is 2.06 bits per heavy atom. The lowest BCUT2D eigenvalue weighted by Gasteiger charge is -2.22. The lowest BCUT2D eigenvalue weighted by molar-refractivity contribution is -0.117. The largest absolute Gasteiger partial charge is 0.335 e. The number of fused-ring (bicyclic) bond motifs is 1. The molecule has 3 N–H and O–H groups in total. The van der Waals surface area contributed by atoms with Crippen LogP contribution < -0.4 is 16.2 Å². The van der Waals surface area contributed by atoms with Gasteiger partial charge in [0.15, 0.2) is 10.8 Å². The zero-order chi connectivity index (χ0) is 21.8. The summed E-state index contributed by atoms with van der Waals surface area (Å²) in [6.07, 6.45) is 6.65. The molecule has 2 heterocycles. The predicted molar refractivity (Wildman–Crippen MR) is 119 cm³/mol. The highest BCUT2D eigenvalue weighted by molar-refractivity contribution is 7.99. The van der Waals surface area contributed by atoms with Crippen molar-refractivity contribution < 1.29 is 9.59 Å². The number of nitrogens with one attached hydrogen (secondary N) is 3. The van der Waals surface area contributed by atoms with Crippen molar-refractivity contribution in [2.45, 2.75) is 43.3 Å². The third kappa shape index (κ3) is 5.26. The van der Waals surface area contributed by atoms with Crippen LogP contribution in [0.1, 0.15) is 32.1 Å². The van der Waals surface area contributed by atoms with Gasteiger partial charge in [-0.2, -0.15) is 5.10 Å². The monoisotopic (exact) mass is 460 g/mol. The molecule has 3 amide bonds. The molecule has 1 saturated carbocycles. The van der Waals surface area contributed by atoms with Gasteiger partial charge in [0.25, 0.3) is 5.56 Å². The van der Waals surface area contributed by atoms with Crippen LogP contribution in [0.15, 0.2) is 40.4 Å². The first-order valence-electron chi connectivity index (χ1n) is 9.97. The Hall–Kier alpha value is -2.85. The number of thioether (sulfide) groups is 1. The molecule has 9 nitrogen and oxygen atoms in total. The van der Waals surface area contributed by atoms with E-state index in [0.29, 0.717) is 21.7 Å². The number of aromatic nitrogens is 4. The number of amides is 3. The van der Waals surface area contributed by atoms with Crippen molar-refractivity contribution in [3.63, 3.8) is 0 Å². The number of benzene rings is 1. The van der Waals surface area contributed by atoms with E-state index in [2.05, 4.69) is 25.7 Å². The van der Waals surface area contributed by atoms with Crippen molar-refractivity contribution in [3.8, 4) is 5.69 Å². The van der Waals surface area contributed by atoms with Crippen molar-refractivity contribution in [1.29, 1.82) is 0 Å². The van der Waals surface area contributed by atoms with E-state index >= 15 is 0 Å². The second-order valence-corrected chi connectivity index (χ2v) is 8.69. The third-order valence-corrected chi connectivity index (χ3v) is 6.11. The van der Waals surface area contributed by atoms with Gasteiger partial charge in [-0.3, -0.25) is 14.9 Å². The zero-order valence-electron chi connectivity index (χ0n) is 16.6. The SMILES string of the molecule is O=C(CSc1nc2c(cnn2-c2cccc(Cl)c2)c(=O)[nH]1)NC(=O)NC1CCCCC1. The molecule has 11 heteroatoms. The van der Waals surface area contributed by atoms with E-state index in [1.807, 2.05) is 0 Å². The molecule has 0 radical (unpaired) electrons. The smallest absolute Gasteiger partial charge is 0.321 e. The van der Waals surface area contributed by atoms with Crippen LogP contribution in [0.4, 0.5) is 4.79 Å². The first-order chi connectivity index (χ1) is 15.0. The Morgan fingerprint density at radius 1 is 1.26 bits per heavy atom. The number of halogens is 1. The van der Waals surface area contributed by atoms with Crippen molar-refractivity contribution in [2.75, 3.05) is 5.75 Å². The molecule has 1 aromatic carbocycles. The molecule has 1 aliphatic carbocycles. The first kappa shape index (κ1) is 21.4. The summed E-state index contributed by atoms with van der Waals surface area (Å²) < 4.78 is 1.51. The molecule has 0 atom stereocenters. The van der Waals surface area contributed by atoms with Gasteiger partial charge >= 0.3 is 6.03 Å². The normalized spacial score (nSPS) is 14.5. The minimum Gasteiger partial charge on any atom is -0.335 e. The minimum absolute atomic E-state index is 0.0716. The lowest BCUT2D eigenvalue weighted by Crippen LogP contribution is -2.45. The number of imide groups is 1. The fourth-order valence-corrected chi connectivity index (χ4v) is 4.37. The Balaban J connectivity index is 1.42. The van der Waals surface area contributed by atoms with Crippen LogP contribution in [0.3, 0.4) is 0 Å². The molecule has 0 unspecified atom stereocenters. The van der Waals surface area contributed by atoms with Gasteiger partial charge in [0.1, 0.15) is 5.39 Å². The topological polar surface area (TPSA) is 122 Å². The summed E-state index contributed by atoms with van der Waals surface area (Å²) >= 11 is 7.08. The predicted octanol–water partition coefficient (Wildman–Crippen LogP) is 3.01. The maximum absolute atomic E-state index is 12.4. The molecule has 0 saturated heterocycles. The molecular weight excluding hydrogens is 440 g/mol. The molecule has 3 aromatic rings. The Morgan fingerprint density at radius 3 is 2.84 bits per heavy atom. The number of hydrogen-bond donors (Lipinski definition) is 3. The number of rotatable bonds is 5. The fourth-order valence-electron chi connectivity index (χ4n) is 3.53. The first-order valence-corrected chi connectivity index (χ1v) is 11.3. The summed E-state index contributed by atoms with van der Waals surface area (Å²) in [5, 5.41) is 10.5. The van der Waals surface area contributed by atoms with E-state index < -0.39 is 11.9 Å². The second-order valence-electron chi connectivity index (χ2n) is 7.29. The highest BCUT2D eigenvalue weighted by Crippen LogP contribution is 2.20. The van der Waals surface area contributed by atoms with Crippen LogP contribution in [0.25, 0.3) is 16.7 Å². The summed E-state index contributed by atoms with van der Waals surface area (Å²) in [5.41, 5.74) is 0.647. The minimum atomic E-state index is -0.492. The standard InChI is InChI=1S/C20H21ClN6O3S/c21-12-5-4-8-14(9-12)27-17-15(10-22-27)18(29)26-20(25-17)31-11-16(28)24-19(30)23-13-6-2-1-3-7-13/h4-5,8-10,13H,1-3,6-7,11H2,(H,25,26,29)(H2,23,24,28,30). The highest BCUT2D eigenvalue weighted by atomic mass is 35.5. The number of H-pyrrole nitrogens is 1. The van der Waals surface area contributed by atoms with Gasteiger partial charge < -0.3 is 10.3 Å². The summed E-state index contributed by atoms with van der Waals surface area (Å²) in [5.74, 6) is -0.540. The van der Waals surface area contributed by atoms with Crippen LogP contribution in [-0.2, 0) is 4.79 Å². The lowest BCUT2D eigenvalue weighted by atomic mass is 9.96. The average molecular weight is 461 g/mol. The van der Waals surface area contributed by atoms with E-state index in [1.54, 1.807) is 24.3 Å². The van der Waals surface area contributed by atoms with Gasteiger partial charge in [0.05, 0.1) is 17.6 Å². The molecule has 4 rings (SSSR count). The van der Waals surface area contributed by atoms with E-state index in [1.165, 1.54) is 17.3 Å². The maximum atomic E-state index is 12.4. The number of urea groups is 1. The zero-order valence-corrected chi connectivity index (χ0v) is 18.1. The van der Waals surface area contributed by atoms with Gasteiger partial charge in [-0.15, -0.1) is 0 Å². The molecule has 2 aromatic heterocycles. The molecule has 0 bridgehead atoms. The van der Waals surface area contributed by atoms with E-state index in [9.17, 15) is 14.4 Å². The Labute approximate surface area is 187 Å². The van der Waals surface area contributed by atoms with Crippen LogP contribution in [0.5, 0.6) is 0 Å². The van der Waals surface area contributed by atoms with E-state index in [-0.39, 0.29) is 22.5 Å². The number of carbonyl (C=O) groups excluding carboxylic acids is 2. The van der Waals surface area contributed by atoms with Crippen LogP contribution in [0.2, 0.25) is 5.02 Å². The molecule has 0 aliphatic heterocycles. The van der Waals surface area contributed by atoms with Crippen molar-refractivity contribution in [1.82, 2.24) is 30.4 Å². The Kier molecular flexibility index (Phi) is 6.57. The van der Waals surface area contributed by atoms with Gasteiger partial charge in [0.2, 0.25) is 5.91 Å². The molecular formula is C20H21ClN6O3S. The van der Waals surface area contributed by atoms with Gasteiger partial charge in [0, 0.05) is 11.1 Å². The molecule has 1 aliphatic rings. The second kappa shape index (κ2) is 9.52. The molecule has 162 valence electrons. The van der Waals surface area contributed by atoms with Crippen LogP contribution >= 0.6 is 23.4 Å². The molecule has 0 spiro atoms. The van der Waals surface area contributed by atoms with Gasteiger partial charge in [-0.05, 0) is 31.0 Å². The quantitative estimate of drug-likeness (QED) is 0.397. The summed E-state index contributed by atoms with van der Waals surface area (Å²) in [7, 11) is 0. The molecule has 31 heavy (non-hydrogen) atoms. The van der Waals surface area contributed by atoms with Gasteiger partial charge in [-0.25, -0.2) is 14.5 Å². The third-order valence-electron chi connectivity index (χ3n) is 5.00. The van der Waals surface area contributed by atoms with Crippen molar-refractivity contribution >= 4 is 46.3 Å². The van der Waals surface area contributed by atoms with Crippen molar-refractivity contribution in [3.05, 3.63) is 45.8 Å². The number of carbonyl (C=O) groups is 2. The summed E-state index contributed by atoms with van der Waals surface area (Å²) in [4.78, 5) is 43.6. The van der Waals surface area contributed by atoms with E-state index in [4.69, 9.17) is 11.6 Å². The number of aromatic amines is 1. The van der Waals surface area contributed by atoms with Crippen molar-refractivity contribution in [2.24, 2.45) is 0 Å². The summed E-state index contributed by atoms with van der Waals surface area (Å²) in [6, 6.07) is 6.64. The highest BCUT2D eigenvalue weighted by Gasteiger charge is 2.18. The summed E-state index contributed by atoms with van der Waals surface area (Å²) in [6.45, 7) is 0. The number of hydrogen-bond acceptors (Lipinski definition) is 6. The Bertz CT molecular complexity index is 1170. The van der Waals surface area contributed by atoms with Crippen LogP contribution in [0, 0.1) is 0 Å². The van der Waals surface area contributed by atoms with E-state index in [0.717, 1.165) is 37.4 Å². The number of nitrogens with zero attached hydrogens (tertiary/aromatic N) is 3. The fraction of sp³-hybridized carbons (Fsp3) is 0.350. The van der Waals surface area contributed by atoms with Gasteiger partial charge in [-0.1, -0.05) is 48.7 Å². The maximum Gasteiger partial charge on any atom is 0.321 e. The molecule has 1 fully saturated rings. The average Bonchev–Trinajstić information content (AvgIpc) is 3.17. The van der Waals surface area contributed by atoms with Crippen LogP contribution in [-0.4, -0.2) is 43.5 Å².